The number of nitrogens with two attached hydrogens (primary N) is 1. The highest BCUT2D eigenvalue weighted by atomic mass is 15.0. The summed E-state index contributed by atoms with van der Waals surface area (Å²) in [7, 11) is 2.05. The number of benzene rings is 1. The SMILES string of the molecule is Cc1cccc2[nH]c(-c3ccc(CN)n3C)cc12. The minimum Gasteiger partial charge on any atom is -0.353 e. The Morgan fingerprint density at radius 3 is 2.72 bits per heavy atom. The van der Waals surface area contributed by atoms with Crippen molar-refractivity contribution < 1.29 is 0 Å². The molecule has 3 N–H and O–H groups in total. The van der Waals surface area contributed by atoms with Crippen molar-refractivity contribution in [2.24, 2.45) is 12.8 Å². The van der Waals surface area contributed by atoms with Gasteiger partial charge < -0.3 is 15.3 Å². The summed E-state index contributed by atoms with van der Waals surface area (Å²) in [4.78, 5) is 3.47. The average Bonchev–Trinajstić information content (AvgIpc) is 2.93. The Morgan fingerprint density at radius 2 is 2.06 bits per heavy atom. The van der Waals surface area contributed by atoms with Gasteiger partial charge in [0.1, 0.15) is 0 Å². The lowest BCUT2D eigenvalue weighted by Crippen LogP contribution is -2.03. The van der Waals surface area contributed by atoms with E-state index in [0.29, 0.717) is 6.54 Å². The predicted octanol–water partition coefficient (Wildman–Crippen LogP) is 2.94. The average molecular weight is 239 g/mol. The van der Waals surface area contributed by atoms with Crippen molar-refractivity contribution in [1.82, 2.24) is 9.55 Å². The molecule has 2 heterocycles. The molecule has 0 aliphatic heterocycles. The number of rotatable bonds is 2. The van der Waals surface area contributed by atoms with Gasteiger partial charge in [-0.3, -0.25) is 0 Å². The number of aromatic amines is 1. The molecule has 0 aliphatic rings. The van der Waals surface area contributed by atoms with Crippen LogP contribution in [0.1, 0.15) is 11.3 Å². The number of fused-ring (bicyclic) bond motifs is 1. The first-order valence-electron chi connectivity index (χ1n) is 6.14. The summed E-state index contributed by atoms with van der Waals surface area (Å²) in [6, 6.07) is 12.7. The third-order valence-electron chi connectivity index (χ3n) is 3.59. The summed E-state index contributed by atoms with van der Waals surface area (Å²) < 4.78 is 2.14. The van der Waals surface area contributed by atoms with Gasteiger partial charge in [-0.05, 0) is 36.8 Å². The molecule has 0 fully saturated rings. The Labute approximate surface area is 106 Å². The van der Waals surface area contributed by atoms with Crippen molar-refractivity contribution in [2.45, 2.75) is 13.5 Å². The molecule has 0 atom stereocenters. The lowest BCUT2D eigenvalue weighted by Gasteiger charge is -2.04. The number of nitrogens with zero attached hydrogens (tertiary/aromatic N) is 1. The van der Waals surface area contributed by atoms with Crippen molar-refractivity contribution in [3.63, 3.8) is 0 Å². The van der Waals surface area contributed by atoms with Gasteiger partial charge in [-0.25, -0.2) is 0 Å². The first kappa shape index (κ1) is 11.1. The molecule has 0 bridgehead atoms. The van der Waals surface area contributed by atoms with Crippen LogP contribution in [0.2, 0.25) is 0 Å². The summed E-state index contributed by atoms with van der Waals surface area (Å²) >= 11 is 0. The second-order valence-corrected chi connectivity index (χ2v) is 4.69. The molecular weight excluding hydrogens is 222 g/mol. The maximum atomic E-state index is 5.71. The van der Waals surface area contributed by atoms with Crippen LogP contribution in [0.4, 0.5) is 0 Å². The molecule has 1 aromatic carbocycles. The zero-order chi connectivity index (χ0) is 12.7. The number of hydrogen-bond acceptors (Lipinski definition) is 1. The molecule has 0 amide bonds. The van der Waals surface area contributed by atoms with Gasteiger partial charge in [-0.15, -0.1) is 0 Å². The maximum Gasteiger partial charge on any atom is 0.0646 e. The van der Waals surface area contributed by atoms with Crippen LogP contribution in [0.25, 0.3) is 22.3 Å². The Kier molecular flexibility index (Phi) is 2.49. The van der Waals surface area contributed by atoms with Gasteiger partial charge in [0.15, 0.2) is 0 Å². The fraction of sp³-hybridized carbons (Fsp3) is 0.200. The molecule has 3 rings (SSSR count). The van der Waals surface area contributed by atoms with Gasteiger partial charge in [-0.2, -0.15) is 0 Å². The highest BCUT2D eigenvalue weighted by Gasteiger charge is 2.09. The van der Waals surface area contributed by atoms with Gasteiger partial charge in [0.2, 0.25) is 0 Å². The van der Waals surface area contributed by atoms with Crippen molar-refractivity contribution in [2.75, 3.05) is 0 Å². The van der Waals surface area contributed by atoms with Gasteiger partial charge in [0.25, 0.3) is 0 Å². The van der Waals surface area contributed by atoms with E-state index >= 15 is 0 Å². The molecule has 0 saturated carbocycles. The maximum absolute atomic E-state index is 5.71. The second kappa shape index (κ2) is 4.03. The van der Waals surface area contributed by atoms with Gasteiger partial charge in [0, 0.05) is 30.2 Å². The lowest BCUT2D eigenvalue weighted by molar-refractivity contribution is 0.829. The van der Waals surface area contributed by atoms with Crippen molar-refractivity contribution >= 4 is 10.9 Å². The lowest BCUT2D eigenvalue weighted by atomic mass is 10.1. The molecule has 0 saturated heterocycles. The zero-order valence-electron chi connectivity index (χ0n) is 10.7. The van der Waals surface area contributed by atoms with Crippen LogP contribution >= 0.6 is 0 Å². The summed E-state index contributed by atoms with van der Waals surface area (Å²) in [5, 5.41) is 1.28. The number of aromatic nitrogens is 2. The molecule has 0 aliphatic carbocycles. The fourth-order valence-electron chi connectivity index (χ4n) is 2.47. The number of hydrogen-bond donors (Lipinski definition) is 2. The van der Waals surface area contributed by atoms with E-state index in [1.807, 2.05) is 0 Å². The summed E-state index contributed by atoms with van der Waals surface area (Å²) in [6.07, 6.45) is 0. The molecule has 3 aromatic rings. The summed E-state index contributed by atoms with van der Waals surface area (Å²) in [5.41, 5.74) is 11.6. The monoisotopic (exact) mass is 239 g/mol. The van der Waals surface area contributed by atoms with Crippen LogP contribution in [0.15, 0.2) is 36.4 Å². The Morgan fingerprint density at radius 1 is 1.22 bits per heavy atom. The normalized spacial score (nSPS) is 11.3. The third kappa shape index (κ3) is 1.56. The molecule has 92 valence electrons. The summed E-state index contributed by atoms with van der Waals surface area (Å²) in [5.74, 6) is 0. The largest absolute Gasteiger partial charge is 0.353 e. The standard InChI is InChI=1S/C15H17N3/c1-10-4-3-5-13-12(10)8-14(17-13)15-7-6-11(9-16)18(15)2/h3-8,17H,9,16H2,1-2H3. The number of aryl methyl sites for hydroxylation is 1. The van der Waals surface area contributed by atoms with Crippen LogP contribution in [0.5, 0.6) is 0 Å². The molecule has 3 nitrogen and oxygen atoms in total. The summed E-state index contributed by atoms with van der Waals surface area (Å²) in [6.45, 7) is 2.70. The van der Waals surface area contributed by atoms with Gasteiger partial charge in [0.05, 0.1) is 11.4 Å². The van der Waals surface area contributed by atoms with E-state index < -0.39 is 0 Å². The smallest absolute Gasteiger partial charge is 0.0646 e. The minimum absolute atomic E-state index is 0.565. The molecule has 0 spiro atoms. The van der Waals surface area contributed by atoms with Crippen molar-refractivity contribution in [3.8, 4) is 11.4 Å². The minimum atomic E-state index is 0.565. The molecule has 0 unspecified atom stereocenters. The predicted molar refractivity (Wildman–Crippen MR) is 75.3 cm³/mol. The number of H-pyrrole nitrogens is 1. The van der Waals surface area contributed by atoms with E-state index in [1.54, 1.807) is 0 Å². The second-order valence-electron chi connectivity index (χ2n) is 4.69. The molecule has 0 radical (unpaired) electrons. The Bertz CT molecular complexity index is 704. The van der Waals surface area contributed by atoms with E-state index in [2.05, 4.69) is 59.9 Å². The fourth-order valence-corrected chi connectivity index (χ4v) is 2.47. The number of nitrogens with one attached hydrogen (secondary N) is 1. The molecule has 3 heteroatoms. The quantitative estimate of drug-likeness (QED) is 0.709. The van der Waals surface area contributed by atoms with E-state index in [9.17, 15) is 0 Å². The van der Waals surface area contributed by atoms with Gasteiger partial charge in [-0.1, -0.05) is 12.1 Å². The Hall–Kier alpha value is -2.00. The van der Waals surface area contributed by atoms with Crippen LogP contribution < -0.4 is 5.73 Å². The highest BCUT2D eigenvalue weighted by Crippen LogP contribution is 2.27. The first-order chi connectivity index (χ1) is 8.70. The third-order valence-corrected chi connectivity index (χ3v) is 3.59. The van der Waals surface area contributed by atoms with Gasteiger partial charge >= 0.3 is 0 Å². The molecule has 2 aromatic heterocycles. The van der Waals surface area contributed by atoms with Crippen LogP contribution in [-0.2, 0) is 13.6 Å². The Balaban J connectivity index is 2.19. The van der Waals surface area contributed by atoms with Crippen LogP contribution in [0, 0.1) is 6.92 Å². The molecule has 18 heavy (non-hydrogen) atoms. The highest BCUT2D eigenvalue weighted by molar-refractivity contribution is 5.88. The first-order valence-corrected chi connectivity index (χ1v) is 6.14. The van der Waals surface area contributed by atoms with E-state index in [-0.39, 0.29) is 0 Å². The van der Waals surface area contributed by atoms with Crippen LogP contribution in [-0.4, -0.2) is 9.55 Å². The van der Waals surface area contributed by atoms with Crippen molar-refractivity contribution in [3.05, 3.63) is 47.7 Å². The van der Waals surface area contributed by atoms with E-state index in [4.69, 9.17) is 5.73 Å². The van der Waals surface area contributed by atoms with Crippen molar-refractivity contribution in [1.29, 1.82) is 0 Å². The molecular formula is C15H17N3. The topological polar surface area (TPSA) is 46.7 Å². The van der Waals surface area contributed by atoms with E-state index in [1.165, 1.54) is 22.2 Å². The van der Waals surface area contributed by atoms with Crippen LogP contribution in [0.3, 0.4) is 0 Å². The zero-order valence-corrected chi connectivity index (χ0v) is 10.7. The van der Waals surface area contributed by atoms with E-state index in [0.717, 1.165) is 11.4 Å².